The Hall–Kier alpha value is -3.39. The molecule has 2 amide bonds. The van der Waals surface area contributed by atoms with Crippen LogP contribution in [0.5, 0.6) is 0 Å². The van der Waals surface area contributed by atoms with E-state index in [9.17, 15) is 24.6 Å². The summed E-state index contributed by atoms with van der Waals surface area (Å²) in [4.78, 5) is 38.1. The maximum Gasteiger partial charge on any atom is 0.407 e. The number of aliphatic hydroxyl groups excluding tert-OH is 1. The Labute approximate surface area is 198 Å². The molecule has 2 aromatic rings. The van der Waals surface area contributed by atoms with Crippen LogP contribution >= 0.6 is 0 Å². The van der Waals surface area contributed by atoms with Crippen molar-refractivity contribution in [2.24, 2.45) is 5.92 Å². The third kappa shape index (κ3) is 4.77. The van der Waals surface area contributed by atoms with Crippen LogP contribution in [0.15, 0.2) is 48.5 Å². The van der Waals surface area contributed by atoms with Crippen LogP contribution in [0.4, 0.5) is 4.79 Å². The van der Waals surface area contributed by atoms with Crippen molar-refractivity contribution in [2.45, 2.75) is 50.8 Å². The number of benzene rings is 2. The number of hydrogen-bond acceptors (Lipinski definition) is 5. The van der Waals surface area contributed by atoms with E-state index in [0.29, 0.717) is 0 Å². The summed E-state index contributed by atoms with van der Waals surface area (Å²) in [6.45, 7) is 3.88. The highest BCUT2D eigenvalue weighted by Gasteiger charge is 2.39. The molecule has 2 aliphatic rings. The molecule has 3 atom stereocenters. The van der Waals surface area contributed by atoms with E-state index in [1.165, 1.54) is 4.90 Å². The SMILES string of the molecule is CC(C)[C@@H](CC(=O)N1CC(O)CC1C(=O)O)NC(=O)OCC1c2ccccc2-c2ccccc21. The van der Waals surface area contributed by atoms with Gasteiger partial charge in [0.1, 0.15) is 12.6 Å². The number of aliphatic hydroxyl groups is 1. The topological polar surface area (TPSA) is 116 Å². The van der Waals surface area contributed by atoms with Gasteiger partial charge in [-0.2, -0.15) is 0 Å². The van der Waals surface area contributed by atoms with E-state index in [2.05, 4.69) is 17.4 Å². The summed E-state index contributed by atoms with van der Waals surface area (Å²) in [5.41, 5.74) is 4.50. The maximum atomic E-state index is 12.8. The lowest BCUT2D eigenvalue weighted by atomic mass is 9.98. The number of β-amino-alcohol motifs (C(OH)–C–C–N with tert-alkyl or cyclic N) is 1. The molecule has 0 spiro atoms. The van der Waals surface area contributed by atoms with E-state index in [1.807, 2.05) is 50.2 Å². The van der Waals surface area contributed by atoms with E-state index in [-0.39, 0.29) is 37.8 Å². The van der Waals surface area contributed by atoms with Gasteiger partial charge in [-0.05, 0) is 28.2 Å². The number of hydrogen-bond donors (Lipinski definition) is 3. The van der Waals surface area contributed by atoms with E-state index in [0.717, 1.165) is 22.3 Å². The third-order valence-corrected chi connectivity index (χ3v) is 6.73. The lowest BCUT2D eigenvalue weighted by Crippen LogP contribution is -2.46. The zero-order valence-corrected chi connectivity index (χ0v) is 19.3. The minimum absolute atomic E-state index is 0.00717. The molecule has 4 rings (SSSR count). The lowest BCUT2D eigenvalue weighted by Gasteiger charge is -2.27. The highest BCUT2D eigenvalue weighted by atomic mass is 16.5. The molecule has 2 aromatic carbocycles. The number of carbonyl (C=O) groups excluding carboxylic acids is 2. The van der Waals surface area contributed by atoms with Crippen molar-refractivity contribution in [2.75, 3.05) is 13.2 Å². The Kier molecular flexibility index (Phi) is 6.88. The van der Waals surface area contributed by atoms with Gasteiger partial charge in [-0.25, -0.2) is 9.59 Å². The first-order chi connectivity index (χ1) is 16.3. The predicted molar refractivity (Wildman–Crippen MR) is 125 cm³/mol. The molecule has 8 heteroatoms. The fourth-order valence-corrected chi connectivity index (χ4v) is 4.87. The van der Waals surface area contributed by atoms with Gasteiger partial charge in [0.25, 0.3) is 0 Å². The van der Waals surface area contributed by atoms with E-state index < -0.39 is 36.2 Å². The fourth-order valence-electron chi connectivity index (χ4n) is 4.87. The summed E-state index contributed by atoms with van der Waals surface area (Å²) in [7, 11) is 0. The van der Waals surface area contributed by atoms with E-state index in [1.54, 1.807) is 0 Å². The fraction of sp³-hybridized carbons (Fsp3) is 0.423. The normalized spacial score (nSPS) is 20.1. The van der Waals surface area contributed by atoms with Crippen molar-refractivity contribution in [3.05, 3.63) is 59.7 Å². The van der Waals surface area contributed by atoms with Crippen molar-refractivity contribution < 1.29 is 29.3 Å². The van der Waals surface area contributed by atoms with Gasteiger partial charge in [-0.1, -0.05) is 62.4 Å². The molecule has 0 bridgehead atoms. The summed E-state index contributed by atoms with van der Waals surface area (Å²) >= 11 is 0. The molecule has 2 unspecified atom stereocenters. The highest BCUT2D eigenvalue weighted by Crippen LogP contribution is 2.44. The molecule has 0 radical (unpaired) electrons. The second kappa shape index (κ2) is 9.85. The van der Waals surface area contributed by atoms with Crippen molar-refractivity contribution >= 4 is 18.0 Å². The van der Waals surface area contributed by atoms with Crippen LogP contribution in [0.3, 0.4) is 0 Å². The Morgan fingerprint density at radius 1 is 1.06 bits per heavy atom. The largest absolute Gasteiger partial charge is 0.480 e. The number of rotatable bonds is 7. The number of carbonyl (C=O) groups is 3. The van der Waals surface area contributed by atoms with Crippen LogP contribution in [-0.2, 0) is 14.3 Å². The van der Waals surface area contributed by atoms with Crippen molar-refractivity contribution in [1.82, 2.24) is 10.2 Å². The predicted octanol–water partition coefficient (Wildman–Crippen LogP) is 2.99. The van der Waals surface area contributed by atoms with Gasteiger partial charge in [-0.3, -0.25) is 4.79 Å². The van der Waals surface area contributed by atoms with Crippen LogP contribution in [0.25, 0.3) is 11.1 Å². The van der Waals surface area contributed by atoms with E-state index in [4.69, 9.17) is 4.74 Å². The number of likely N-dealkylation sites (tertiary alicyclic amines) is 1. The Bertz CT molecular complexity index is 1040. The standard InChI is InChI=1S/C26H30N2O6/c1-15(2)22(12-24(30)28-13-16(29)11-23(28)25(31)32)27-26(33)34-14-21-19-9-5-3-7-17(19)18-8-4-6-10-20(18)21/h3-10,15-16,21-23,29H,11-14H2,1-2H3,(H,27,33)(H,31,32)/t16?,22-,23?/m1/s1. The van der Waals surface area contributed by atoms with Crippen LogP contribution in [0.1, 0.15) is 43.7 Å². The first kappa shape index (κ1) is 23.8. The Balaban J connectivity index is 1.39. The number of amides is 2. The van der Waals surface area contributed by atoms with E-state index >= 15 is 0 Å². The average molecular weight is 467 g/mol. The molecule has 1 aliphatic carbocycles. The average Bonchev–Trinajstić information content (AvgIpc) is 3.35. The summed E-state index contributed by atoms with van der Waals surface area (Å²) in [6, 6.07) is 14.5. The molecule has 3 N–H and O–H groups in total. The summed E-state index contributed by atoms with van der Waals surface area (Å²) in [5, 5.41) is 22.0. The third-order valence-electron chi connectivity index (χ3n) is 6.73. The van der Waals surface area contributed by atoms with Crippen LogP contribution in [0.2, 0.25) is 0 Å². The Morgan fingerprint density at radius 3 is 2.21 bits per heavy atom. The molecule has 0 saturated carbocycles. The van der Waals surface area contributed by atoms with Crippen molar-refractivity contribution in [3.8, 4) is 11.1 Å². The number of aliphatic carboxylic acids is 1. The highest BCUT2D eigenvalue weighted by molar-refractivity contribution is 5.85. The number of carboxylic acid groups (broad SMARTS) is 1. The zero-order valence-electron chi connectivity index (χ0n) is 19.3. The van der Waals surface area contributed by atoms with Crippen LogP contribution < -0.4 is 5.32 Å². The van der Waals surface area contributed by atoms with Gasteiger partial charge in [0.15, 0.2) is 0 Å². The number of nitrogens with zero attached hydrogens (tertiary/aromatic N) is 1. The molecular weight excluding hydrogens is 436 g/mol. The quantitative estimate of drug-likeness (QED) is 0.578. The molecule has 1 fully saturated rings. The van der Waals surface area contributed by atoms with Crippen molar-refractivity contribution in [1.29, 1.82) is 0 Å². The minimum atomic E-state index is -1.14. The molecule has 180 valence electrons. The first-order valence-corrected chi connectivity index (χ1v) is 11.6. The molecule has 34 heavy (non-hydrogen) atoms. The molecule has 1 heterocycles. The van der Waals surface area contributed by atoms with Gasteiger partial charge in [-0.15, -0.1) is 0 Å². The minimum Gasteiger partial charge on any atom is -0.480 e. The van der Waals surface area contributed by atoms with Crippen LogP contribution in [0, 0.1) is 5.92 Å². The second-order valence-corrected chi connectivity index (χ2v) is 9.31. The number of nitrogens with one attached hydrogen (secondary N) is 1. The number of alkyl carbamates (subject to hydrolysis) is 1. The molecule has 8 nitrogen and oxygen atoms in total. The number of ether oxygens (including phenoxy) is 1. The van der Waals surface area contributed by atoms with Gasteiger partial charge in [0.05, 0.1) is 6.10 Å². The summed E-state index contributed by atoms with van der Waals surface area (Å²) < 4.78 is 5.59. The monoisotopic (exact) mass is 466 g/mol. The van der Waals surface area contributed by atoms with Crippen LogP contribution in [-0.4, -0.2) is 64.4 Å². The Morgan fingerprint density at radius 2 is 1.65 bits per heavy atom. The smallest absolute Gasteiger partial charge is 0.407 e. The lowest BCUT2D eigenvalue weighted by molar-refractivity contribution is -0.148. The molecule has 0 aromatic heterocycles. The van der Waals surface area contributed by atoms with Gasteiger partial charge >= 0.3 is 12.1 Å². The first-order valence-electron chi connectivity index (χ1n) is 11.6. The second-order valence-electron chi connectivity index (χ2n) is 9.31. The number of fused-ring (bicyclic) bond motifs is 3. The molecular formula is C26H30N2O6. The summed E-state index contributed by atoms with van der Waals surface area (Å²) in [5.74, 6) is -1.71. The number of carboxylic acids is 1. The maximum absolute atomic E-state index is 12.8. The van der Waals surface area contributed by atoms with Crippen molar-refractivity contribution in [3.63, 3.8) is 0 Å². The molecule has 1 aliphatic heterocycles. The van der Waals surface area contributed by atoms with Gasteiger partial charge in [0, 0.05) is 31.3 Å². The van der Waals surface area contributed by atoms with Gasteiger partial charge in [0.2, 0.25) is 5.91 Å². The summed E-state index contributed by atoms with van der Waals surface area (Å²) in [6.07, 6.45) is -1.55. The van der Waals surface area contributed by atoms with Gasteiger partial charge < -0.3 is 25.2 Å². The molecule has 1 saturated heterocycles. The zero-order chi connectivity index (χ0) is 24.4.